The lowest BCUT2D eigenvalue weighted by atomic mass is 10.1. The summed E-state index contributed by atoms with van der Waals surface area (Å²) in [7, 11) is 1.60. The first-order chi connectivity index (χ1) is 17.9. The van der Waals surface area contributed by atoms with E-state index in [2.05, 4.69) is 5.32 Å². The van der Waals surface area contributed by atoms with Gasteiger partial charge >= 0.3 is 5.97 Å². The molecule has 1 saturated heterocycles. The Morgan fingerprint density at radius 3 is 2.11 bits per heavy atom. The molecule has 9 nitrogen and oxygen atoms in total. The molecule has 2 amide bonds. The third-order valence-corrected chi connectivity index (χ3v) is 5.70. The van der Waals surface area contributed by atoms with E-state index in [1.807, 2.05) is 6.92 Å². The Labute approximate surface area is 214 Å². The van der Waals surface area contributed by atoms with Crippen LogP contribution in [-0.4, -0.2) is 44.7 Å². The van der Waals surface area contributed by atoms with Crippen molar-refractivity contribution >= 4 is 29.2 Å². The molecule has 0 aromatic heterocycles. The highest BCUT2D eigenvalue weighted by Crippen LogP contribution is 2.29. The fraction of sp³-hybridized carbons (Fsp3) is 0.250. The second-order valence-electron chi connectivity index (χ2n) is 8.29. The molecule has 9 heteroatoms. The number of rotatable bonds is 10. The molecule has 0 aliphatic carbocycles. The smallest absolute Gasteiger partial charge is 0.311 e. The van der Waals surface area contributed by atoms with Crippen molar-refractivity contribution in [3.8, 4) is 23.0 Å². The number of benzene rings is 3. The van der Waals surface area contributed by atoms with Gasteiger partial charge in [-0.25, -0.2) is 0 Å². The normalized spacial score (nSPS) is 14.7. The fourth-order valence-electron chi connectivity index (χ4n) is 3.84. The van der Waals surface area contributed by atoms with E-state index in [-0.39, 0.29) is 18.9 Å². The van der Waals surface area contributed by atoms with E-state index in [0.717, 1.165) is 5.75 Å². The van der Waals surface area contributed by atoms with Crippen molar-refractivity contribution in [3.63, 3.8) is 0 Å². The number of amides is 2. The second kappa shape index (κ2) is 11.9. The van der Waals surface area contributed by atoms with Gasteiger partial charge in [-0.15, -0.1) is 0 Å². The van der Waals surface area contributed by atoms with Crippen molar-refractivity contribution in [2.24, 2.45) is 5.92 Å². The van der Waals surface area contributed by atoms with Gasteiger partial charge in [0, 0.05) is 24.3 Å². The quantitative estimate of drug-likeness (QED) is 0.408. The van der Waals surface area contributed by atoms with Crippen molar-refractivity contribution in [1.82, 2.24) is 0 Å². The molecule has 1 N–H and O–H groups in total. The van der Waals surface area contributed by atoms with Crippen molar-refractivity contribution in [2.75, 3.05) is 37.1 Å². The number of methoxy groups -OCH3 is 1. The third-order valence-electron chi connectivity index (χ3n) is 5.70. The highest BCUT2D eigenvalue weighted by Gasteiger charge is 2.36. The summed E-state index contributed by atoms with van der Waals surface area (Å²) < 4.78 is 21.5. The van der Waals surface area contributed by atoms with E-state index in [1.54, 1.807) is 79.9 Å². The lowest BCUT2D eigenvalue weighted by Crippen LogP contribution is -2.28. The number of hydrogen-bond donors (Lipinski definition) is 1. The molecular formula is C28H28N2O7. The van der Waals surface area contributed by atoms with Gasteiger partial charge in [-0.3, -0.25) is 14.4 Å². The fourth-order valence-corrected chi connectivity index (χ4v) is 3.84. The van der Waals surface area contributed by atoms with Crippen LogP contribution in [0, 0.1) is 5.92 Å². The van der Waals surface area contributed by atoms with E-state index in [9.17, 15) is 14.4 Å². The van der Waals surface area contributed by atoms with E-state index in [1.165, 1.54) is 4.90 Å². The van der Waals surface area contributed by atoms with Crippen LogP contribution in [0.15, 0.2) is 72.8 Å². The van der Waals surface area contributed by atoms with Crippen LogP contribution in [0.25, 0.3) is 0 Å². The lowest BCUT2D eigenvalue weighted by Gasteiger charge is -2.17. The molecule has 1 aliphatic heterocycles. The van der Waals surface area contributed by atoms with Crippen LogP contribution in [0.3, 0.4) is 0 Å². The summed E-state index contributed by atoms with van der Waals surface area (Å²) in [4.78, 5) is 38.8. The zero-order valence-electron chi connectivity index (χ0n) is 20.6. The van der Waals surface area contributed by atoms with Gasteiger partial charge in [0.1, 0.15) is 23.0 Å². The number of hydrogen-bond acceptors (Lipinski definition) is 7. The Morgan fingerprint density at radius 2 is 1.49 bits per heavy atom. The zero-order valence-corrected chi connectivity index (χ0v) is 20.6. The Morgan fingerprint density at radius 1 is 0.892 bits per heavy atom. The van der Waals surface area contributed by atoms with E-state index in [4.69, 9.17) is 18.9 Å². The highest BCUT2D eigenvalue weighted by molar-refractivity contribution is 6.00. The van der Waals surface area contributed by atoms with Gasteiger partial charge in [0.25, 0.3) is 5.91 Å². The minimum absolute atomic E-state index is 0.0173. The molecule has 3 aromatic carbocycles. The number of carbonyl (C=O) groups excluding carboxylic acids is 3. The molecule has 37 heavy (non-hydrogen) atoms. The number of nitrogens with zero attached hydrogens (tertiary/aromatic N) is 1. The number of anilines is 2. The summed E-state index contributed by atoms with van der Waals surface area (Å²) in [6.07, 6.45) is 0.0173. The van der Waals surface area contributed by atoms with Crippen LogP contribution < -0.4 is 24.4 Å². The molecule has 0 bridgehead atoms. The van der Waals surface area contributed by atoms with Gasteiger partial charge < -0.3 is 29.2 Å². The Hall–Kier alpha value is -4.53. The van der Waals surface area contributed by atoms with Gasteiger partial charge in [-0.05, 0) is 79.7 Å². The number of esters is 1. The summed E-state index contributed by atoms with van der Waals surface area (Å²) in [5.41, 5.74) is 1.21. The van der Waals surface area contributed by atoms with E-state index in [0.29, 0.717) is 35.2 Å². The van der Waals surface area contributed by atoms with Crippen LogP contribution in [0.1, 0.15) is 13.3 Å². The Balaban J connectivity index is 1.26. The van der Waals surface area contributed by atoms with Crippen LogP contribution >= 0.6 is 0 Å². The first kappa shape index (κ1) is 25.6. The predicted molar refractivity (Wildman–Crippen MR) is 137 cm³/mol. The molecule has 0 saturated carbocycles. The van der Waals surface area contributed by atoms with Gasteiger partial charge in [0.15, 0.2) is 6.61 Å². The first-order valence-corrected chi connectivity index (χ1v) is 11.9. The van der Waals surface area contributed by atoms with Crippen molar-refractivity contribution < 1.29 is 33.3 Å². The summed E-state index contributed by atoms with van der Waals surface area (Å²) >= 11 is 0. The molecule has 0 unspecified atom stereocenters. The molecule has 192 valence electrons. The molecule has 0 radical (unpaired) electrons. The van der Waals surface area contributed by atoms with Gasteiger partial charge in [-0.2, -0.15) is 0 Å². The van der Waals surface area contributed by atoms with Crippen molar-refractivity contribution in [3.05, 3.63) is 72.8 Å². The van der Waals surface area contributed by atoms with E-state index < -0.39 is 24.4 Å². The number of nitrogens with one attached hydrogen (secondary N) is 1. The van der Waals surface area contributed by atoms with Crippen molar-refractivity contribution in [1.29, 1.82) is 0 Å². The minimum atomic E-state index is -0.652. The second-order valence-corrected chi connectivity index (χ2v) is 8.29. The average Bonchev–Trinajstić information content (AvgIpc) is 3.31. The monoisotopic (exact) mass is 504 g/mol. The molecule has 1 fully saturated rings. The maximum atomic E-state index is 12.6. The molecule has 1 heterocycles. The zero-order chi connectivity index (χ0) is 26.2. The molecule has 3 aromatic rings. The van der Waals surface area contributed by atoms with Gasteiger partial charge in [-0.1, -0.05) is 0 Å². The molecular weight excluding hydrogens is 476 g/mol. The van der Waals surface area contributed by atoms with Crippen LogP contribution in [0.5, 0.6) is 23.0 Å². The number of carbonyl (C=O) groups is 3. The first-order valence-electron chi connectivity index (χ1n) is 11.9. The number of ether oxygens (including phenoxy) is 4. The lowest BCUT2D eigenvalue weighted by molar-refractivity contribution is -0.151. The van der Waals surface area contributed by atoms with Crippen molar-refractivity contribution in [2.45, 2.75) is 13.3 Å². The molecule has 1 aliphatic rings. The topological polar surface area (TPSA) is 103 Å². The highest BCUT2D eigenvalue weighted by atomic mass is 16.5. The Bertz CT molecular complexity index is 1220. The molecule has 0 spiro atoms. The van der Waals surface area contributed by atoms with Gasteiger partial charge in [0.2, 0.25) is 5.91 Å². The largest absolute Gasteiger partial charge is 0.497 e. The standard InChI is InChI=1S/C28H28N2O7/c1-3-35-23-8-4-20(5-9-23)29-26(31)18-36-28(33)19-16-27(32)30(17-19)21-6-10-24(11-7-21)37-25-14-12-22(34-2)13-15-25/h4-15,19H,3,16-18H2,1-2H3,(H,29,31)/t19-/m1/s1. The Kier molecular flexibility index (Phi) is 8.25. The summed E-state index contributed by atoms with van der Waals surface area (Å²) in [5.74, 6) is 0.794. The van der Waals surface area contributed by atoms with Crippen LogP contribution in [0.4, 0.5) is 11.4 Å². The molecule has 1 atom stereocenters. The summed E-state index contributed by atoms with van der Waals surface area (Å²) in [5, 5.41) is 2.66. The maximum Gasteiger partial charge on any atom is 0.311 e. The summed E-state index contributed by atoms with van der Waals surface area (Å²) in [6.45, 7) is 2.18. The maximum absolute atomic E-state index is 12.6. The van der Waals surface area contributed by atoms with Gasteiger partial charge in [0.05, 0.1) is 19.6 Å². The van der Waals surface area contributed by atoms with Crippen LogP contribution in [-0.2, 0) is 19.1 Å². The SMILES string of the molecule is CCOc1ccc(NC(=O)COC(=O)[C@@H]2CC(=O)N(c3ccc(Oc4ccc(OC)cc4)cc3)C2)cc1. The average molecular weight is 505 g/mol. The van der Waals surface area contributed by atoms with Crippen LogP contribution in [0.2, 0.25) is 0 Å². The van der Waals surface area contributed by atoms with E-state index >= 15 is 0 Å². The summed E-state index contributed by atoms with van der Waals surface area (Å²) in [6, 6.07) is 21.1. The predicted octanol–water partition coefficient (Wildman–Crippen LogP) is 4.42. The third kappa shape index (κ3) is 6.78. The molecule has 4 rings (SSSR count). The minimum Gasteiger partial charge on any atom is -0.497 e.